The highest BCUT2D eigenvalue weighted by atomic mass is 32.1. The van der Waals surface area contributed by atoms with Gasteiger partial charge in [0.2, 0.25) is 0 Å². The van der Waals surface area contributed by atoms with Gasteiger partial charge >= 0.3 is 0 Å². The fraction of sp³-hybridized carbons (Fsp3) is 0.706. The van der Waals surface area contributed by atoms with Crippen LogP contribution in [0, 0.1) is 5.92 Å². The van der Waals surface area contributed by atoms with Crippen LogP contribution in [-0.2, 0) is 12.8 Å². The van der Waals surface area contributed by atoms with Crippen molar-refractivity contribution >= 4 is 17.2 Å². The van der Waals surface area contributed by atoms with Crippen molar-refractivity contribution in [2.75, 3.05) is 13.1 Å². The lowest BCUT2D eigenvalue weighted by atomic mass is 9.88. The minimum atomic E-state index is -0.568. The van der Waals surface area contributed by atoms with E-state index in [1.54, 1.807) is 11.3 Å². The predicted molar refractivity (Wildman–Crippen MR) is 83.8 cm³/mol. The Balaban J connectivity index is 1.46. The van der Waals surface area contributed by atoms with E-state index in [1.165, 1.54) is 36.1 Å². The second-order valence-corrected chi connectivity index (χ2v) is 8.15. The maximum absolute atomic E-state index is 12.6. The lowest BCUT2D eigenvalue weighted by Crippen LogP contribution is -2.64. The third kappa shape index (κ3) is 2.53. The lowest BCUT2D eigenvalue weighted by molar-refractivity contribution is -0.0956. The van der Waals surface area contributed by atoms with Gasteiger partial charge in [-0.1, -0.05) is 12.8 Å². The molecule has 0 unspecified atom stereocenters. The first-order chi connectivity index (χ1) is 10.2. The van der Waals surface area contributed by atoms with Crippen molar-refractivity contribution in [3.05, 3.63) is 21.4 Å². The average molecular weight is 305 g/mol. The number of thiophene rings is 1. The molecule has 4 heteroatoms. The van der Waals surface area contributed by atoms with Gasteiger partial charge in [-0.3, -0.25) is 4.79 Å². The largest absolute Gasteiger partial charge is 0.386 e. The third-order valence-electron chi connectivity index (χ3n) is 5.26. The highest BCUT2D eigenvalue weighted by Gasteiger charge is 2.53. The van der Waals surface area contributed by atoms with Crippen LogP contribution in [0.15, 0.2) is 6.07 Å². The summed E-state index contributed by atoms with van der Waals surface area (Å²) < 4.78 is 0. The van der Waals surface area contributed by atoms with Gasteiger partial charge in [0.1, 0.15) is 5.60 Å². The molecule has 0 aromatic carbocycles. The molecule has 0 radical (unpaired) electrons. The molecule has 1 aliphatic heterocycles. The van der Waals surface area contributed by atoms with Crippen molar-refractivity contribution in [2.45, 2.75) is 57.0 Å². The molecule has 21 heavy (non-hydrogen) atoms. The minimum Gasteiger partial charge on any atom is -0.386 e. The number of nitrogens with zero attached hydrogens (tertiary/aromatic N) is 1. The molecule has 2 fully saturated rings. The number of hydrogen-bond donors (Lipinski definition) is 1. The Kier molecular flexibility index (Phi) is 3.34. The molecule has 0 spiro atoms. The smallest absolute Gasteiger partial charge is 0.264 e. The quantitative estimate of drug-likeness (QED) is 0.912. The van der Waals surface area contributed by atoms with Gasteiger partial charge in [0.15, 0.2) is 0 Å². The summed E-state index contributed by atoms with van der Waals surface area (Å²) in [4.78, 5) is 16.7. The SMILES string of the molecule is O=C(c1cc2c(s1)CCCCCC2)N1CC(O)(C2CC2)C1. The number of fused-ring (bicyclic) bond motifs is 1. The minimum absolute atomic E-state index is 0.136. The number of hydrogen-bond acceptors (Lipinski definition) is 3. The van der Waals surface area contributed by atoms with Crippen LogP contribution in [0.3, 0.4) is 0 Å². The van der Waals surface area contributed by atoms with Crippen molar-refractivity contribution < 1.29 is 9.90 Å². The summed E-state index contributed by atoms with van der Waals surface area (Å²) in [6.45, 7) is 1.08. The van der Waals surface area contributed by atoms with E-state index < -0.39 is 5.60 Å². The molecule has 0 bridgehead atoms. The molecule has 2 aliphatic carbocycles. The second kappa shape index (κ2) is 5.10. The summed E-state index contributed by atoms with van der Waals surface area (Å²) in [6.07, 6.45) is 9.68. The van der Waals surface area contributed by atoms with Gasteiger partial charge in [-0.2, -0.15) is 0 Å². The standard InChI is InChI=1S/C17H23NO2S/c19-16(18-10-17(20,11-18)13-7-8-13)15-9-12-5-3-1-2-4-6-14(12)21-15/h9,13,20H,1-8,10-11H2. The van der Waals surface area contributed by atoms with Gasteiger partial charge in [-0.15, -0.1) is 11.3 Å². The molecule has 1 saturated carbocycles. The van der Waals surface area contributed by atoms with Crippen molar-refractivity contribution in [3.63, 3.8) is 0 Å². The molecule has 1 saturated heterocycles. The van der Waals surface area contributed by atoms with Gasteiger partial charge < -0.3 is 10.0 Å². The summed E-state index contributed by atoms with van der Waals surface area (Å²) >= 11 is 1.69. The lowest BCUT2D eigenvalue weighted by Gasteiger charge is -2.46. The average Bonchev–Trinajstić information content (AvgIpc) is 3.19. The zero-order chi connectivity index (χ0) is 14.4. The van der Waals surface area contributed by atoms with Gasteiger partial charge in [0.05, 0.1) is 18.0 Å². The molecule has 4 rings (SSSR count). The van der Waals surface area contributed by atoms with Crippen LogP contribution in [0.2, 0.25) is 0 Å². The zero-order valence-corrected chi connectivity index (χ0v) is 13.3. The predicted octanol–water partition coefficient (Wildman–Crippen LogP) is 3.00. The Morgan fingerprint density at radius 2 is 1.90 bits per heavy atom. The first-order valence-electron chi connectivity index (χ1n) is 8.29. The first-order valence-corrected chi connectivity index (χ1v) is 9.11. The summed E-state index contributed by atoms with van der Waals surface area (Å²) in [7, 11) is 0. The Bertz CT molecular complexity index is 530. The maximum atomic E-state index is 12.6. The first kappa shape index (κ1) is 13.8. The van der Waals surface area contributed by atoms with E-state index in [4.69, 9.17) is 0 Å². The van der Waals surface area contributed by atoms with Gasteiger partial charge in [0, 0.05) is 4.88 Å². The van der Waals surface area contributed by atoms with Gasteiger partial charge in [0.25, 0.3) is 5.91 Å². The van der Waals surface area contributed by atoms with Gasteiger partial charge in [-0.05, 0) is 56.1 Å². The fourth-order valence-electron chi connectivity index (χ4n) is 3.74. The normalized spacial score (nSPS) is 24.7. The van der Waals surface area contributed by atoms with Crippen LogP contribution in [-0.4, -0.2) is 34.6 Å². The summed E-state index contributed by atoms with van der Waals surface area (Å²) in [5.74, 6) is 0.585. The van der Waals surface area contributed by atoms with Crippen LogP contribution in [0.1, 0.15) is 58.6 Å². The van der Waals surface area contributed by atoms with E-state index >= 15 is 0 Å². The number of carbonyl (C=O) groups excluding carboxylic acids is 1. The highest BCUT2D eigenvalue weighted by Crippen LogP contribution is 2.45. The monoisotopic (exact) mass is 305 g/mol. The Morgan fingerprint density at radius 3 is 2.62 bits per heavy atom. The van der Waals surface area contributed by atoms with E-state index in [9.17, 15) is 9.90 Å². The molecule has 1 aromatic rings. The van der Waals surface area contributed by atoms with Crippen molar-refractivity contribution in [1.82, 2.24) is 4.90 Å². The molecular formula is C17H23NO2S. The van der Waals surface area contributed by atoms with Gasteiger partial charge in [-0.25, -0.2) is 0 Å². The molecular weight excluding hydrogens is 282 g/mol. The number of aryl methyl sites for hydroxylation is 2. The summed E-state index contributed by atoms with van der Waals surface area (Å²) in [5, 5.41) is 10.4. The molecule has 1 aromatic heterocycles. The highest BCUT2D eigenvalue weighted by molar-refractivity contribution is 7.14. The molecule has 0 atom stereocenters. The molecule has 3 nitrogen and oxygen atoms in total. The van der Waals surface area contributed by atoms with Crippen LogP contribution < -0.4 is 0 Å². The topological polar surface area (TPSA) is 40.5 Å². The molecule has 1 N–H and O–H groups in total. The van der Waals surface area contributed by atoms with Crippen molar-refractivity contribution in [2.24, 2.45) is 5.92 Å². The fourth-order valence-corrected chi connectivity index (χ4v) is 4.96. The van der Waals surface area contributed by atoms with E-state index in [2.05, 4.69) is 6.07 Å². The summed E-state index contributed by atoms with van der Waals surface area (Å²) in [6, 6.07) is 2.13. The van der Waals surface area contributed by atoms with E-state index in [-0.39, 0.29) is 5.91 Å². The number of carbonyl (C=O) groups is 1. The molecule has 1 amide bonds. The summed E-state index contributed by atoms with van der Waals surface area (Å²) in [5.41, 5.74) is 0.836. The van der Waals surface area contributed by atoms with Crippen LogP contribution in [0.25, 0.3) is 0 Å². The zero-order valence-electron chi connectivity index (χ0n) is 12.4. The van der Waals surface area contributed by atoms with Crippen LogP contribution >= 0.6 is 11.3 Å². The van der Waals surface area contributed by atoms with Crippen molar-refractivity contribution in [1.29, 1.82) is 0 Å². The molecule has 114 valence electrons. The molecule has 3 aliphatic rings. The van der Waals surface area contributed by atoms with Crippen molar-refractivity contribution in [3.8, 4) is 0 Å². The van der Waals surface area contributed by atoms with Crippen LogP contribution in [0.5, 0.6) is 0 Å². The number of amides is 1. The Hall–Kier alpha value is -0.870. The van der Waals surface area contributed by atoms with E-state index in [0.717, 1.165) is 30.6 Å². The third-order valence-corrected chi connectivity index (χ3v) is 6.49. The van der Waals surface area contributed by atoms with E-state index in [1.807, 2.05) is 4.90 Å². The second-order valence-electron chi connectivity index (χ2n) is 7.01. The van der Waals surface area contributed by atoms with E-state index in [0.29, 0.717) is 19.0 Å². The number of β-amino-alcohol motifs (C(OH)–C–C–N with tert-alkyl or cyclic N) is 1. The number of rotatable bonds is 2. The Morgan fingerprint density at radius 1 is 1.19 bits per heavy atom. The molecule has 2 heterocycles. The van der Waals surface area contributed by atoms with Crippen LogP contribution in [0.4, 0.5) is 0 Å². The Labute approximate surface area is 130 Å². The number of likely N-dealkylation sites (tertiary alicyclic amines) is 1. The number of aliphatic hydroxyl groups is 1. The maximum Gasteiger partial charge on any atom is 0.264 e.